The molecule has 1 aliphatic rings. The third-order valence-electron chi connectivity index (χ3n) is 3.19. The van der Waals surface area contributed by atoms with Gasteiger partial charge in [0, 0.05) is 12.5 Å². The third kappa shape index (κ3) is 3.13. The molecule has 0 aliphatic carbocycles. The van der Waals surface area contributed by atoms with E-state index in [-0.39, 0.29) is 12.4 Å². The van der Waals surface area contributed by atoms with Crippen molar-refractivity contribution in [3.05, 3.63) is 29.3 Å². The summed E-state index contributed by atoms with van der Waals surface area (Å²) < 4.78 is 5.86. The van der Waals surface area contributed by atoms with Crippen LogP contribution in [0.25, 0.3) is 0 Å². The number of aryl methyl sites for hydroxylation is 1. The summed E-state index contributed by atoms with van der Waals surface area (Å²) in [6.45, 7) is 7.33. The molecule has 1 atom stereocenters. The first kappa shape index (κ1) is 13.3. The lowest BCUT2D eigenvalue weighted by Crippen LogP contribution is -2.15. The molecule has 0 aromatic heterocycles. The maximum Gasteiger partial charge on any atom is 0.122 e. The van der Waals surface area contributed by atoms with Crippen molar-refractivity contribution >= 4 is 12.4 Å². The lowest BCUT2D eigenvalue weighted by Gasteiger charge is -2.13. The molecule has 0 spiro atoms. The van der Waals surface area contributed by atoms with E-state index in [1.165, 1.54) is 17.5 Å². The van der Waals surface area contributed by atoms with Gasteiger partial charge in [-0.1, -0.05) is 12.1 Å². The van der Waals surface area contributed by atoms with Crippen LogP contribution in [0.15, 0.2) is 18.2 Å². The number of rotatable bonds is 3. The van der Waals surface area contributed by atoms with Crippen molar-refractivity contribution < 1.29 is 4.74 Å². The lowest BCUT2D eigenvalue weighted by atomic mass is 10.1. The molecule has 0 radical (unpaired) electrons. The van der Waals surface area contributed by atoms with Crippen LogP contribution < -0.4 is 10.1 Å². The summed E-state index contributed by atoms with van der Waals surface area (Å²) in [4.78, 5) is 0. The number of benzene rings is 1. The maximum absolute atomic E-state index is 5.86. The van der Waals surface area contributed by atoms with Gasteiger partial charge in [0.05, 0.1) is 6.61 Å². The Morgan fingerprint density at radius 2 is 2.19 bits per heavy atom. The molecule has 1 saturated heterocycles. The van der Waals surface area contributed by atoms with Crippen molar-refractivity contribution in [2.75, 3.05) is 19.7 Å². The summed E-state index contributed by atoms with van der Waals surface area (Å²) in [5.74, 6) is 1.73. The van der Waals surface area contributed by atoms with Crippen molar-refractivity contribution in [3.63, 3.8) is 0 Å². The Bertz CT molecular complexity index is 335. The highest BCUT2D eigenvalue weighted by Gasteiger charge is 2.15. The van der Waals surface area contributed by atoms with Gasteiger partial charge in [-0.3, -0.25) is 0 Å². The summed E-state index contributed by atoms with van der Waals surface area (Å²) in [6.07, 6.45) is 1.24. The van der Waals surface area contributed by atoms with Gasteiger partial charge in [-0.25, -0.2) is 0 Å². The fraction of sp³-hybridized carbons (Fsp3) is 0.538. The van der Waals surface area contributed by atoms with Crippen LogP contribution in [0, 0.1) is 19.8 Å². The molecule has 90 valence electrons. The van der Waals surface area contributed by atoms with Crippen LogP contribution in [0.4, 0.5) is 0 Å². The van der Waals surface area contributed by atoms with Gasteiger partial charge in [0.2, 0.25) is 0 Å². The lowest BCUT2D eigenvalue weighted by molar-refractivity contribution is 0.258. The molecule has 1 N–H and O–H groups in total. The zero-order chi connectivity index (χ0) is 10.7. The Hall–Kier alpha value is -0.730. The largest absolute Gasteiger partial charge is 0.493 e. The highest BCUT2D eigenvalue weighted by molar-refractivity contribution is 5.85. The molecule has 16 heavy (non-hydrogen) atoms. The fourth-order valence-corrected chi connectivity index (χ4v) is 1.94. The molecule has 0 bridgehead atoms. The third-order valence-corrected chi connectivity index (χ3v) is 3.19. The van der Waals surface area contributed by atoms with Gasteiger partial charge in [0.1, 0.15) is 5.75 Å². The monoisotopic (exact) mass is 241 g/mol. The summed E-state index contributed by atoms with van der Waals surface area (Å²) >= 11 is 0. The molecule has 1 aromatic carbocycles. The highest BCUT2D eigenvalue weighted by atomic mass is 35.5. The molecule has 1 aromatic rings. The quantitative estimate of drug-likeness (QED) is 0.879. The molecule has 1 heterocycles. The van der Waals surface area contributed by atoms with Crippen LogP contribution in [-0.4, -0.2) is 19.7 Å². The Kier molecular flexibility index (Phi) is 5.10. The van der Waals surface area contributed by atoms with Gasteiger partial charge < -0.3 is 10.1 Å². The zero-order valence-corrected chi connectivity index (χ0v) is 10.8. The van der Waals surface area contributed by atoms with E-state index in [0.29, 0.717) is 5.92 Å². The van der Waals surface area contributed by atoms with Crippen LogP contribution in [0.2, 0.25) is 0 Å². The minimum atomic E-state index is 0. The highest BCUT2D eigenvalue weighted by Crippen LogP contribution is 2.21. The Balaban J connectivity index is 0.00000128. The molecular formula is C13H20ClNO. The summed E-state index contributed by atoms with van der Waals surface area (Å²) in [6, 6.07) is 6.24. The van der Waals surface area contributed by atoms with E-state index in [1.54, 1.807) is 0 Å². The fourth-order valence-electron chi connectivity index (χ4n) is 1.94. The number of hydrogen-bond donors (Lipinski definition) is 1. The summed E-state index contributed by atoms with van der Waals surface area (Å²) in [7, 11) is 0. The van der Waals surface area contributed by atoms with Gasteiger partial charge >= 0.3 is 0 Å². The predicted molar refractivity (Wildman–Crippen MR) is 69.6 cm³/mol. The topological polar surface area (TPSA) is 21.3 Å². The minimum absolute atomic E-state index is 0. The van der Waals surface area contributed by atoms with Crippen LogP contribution in [0.5, 0.6) is 5.75 Å². The van der Waals surface area contributed by atoms with Crippen molar-refractivity contribution in [2.45, 2.75) is 20.3 Å². The standard InChI is InChI=1S/C13H19NO.ClH/c1-10-4-3-5-13(11(10)2)15-9-12-6-7-14-8-12;/h3-5,12,14H,6-9H2,1-2H3;1H. The van der Waals surface area contributed by atoms with E-state index in [2.05, 4.69) is 37.4 Å². The summed E-state index contributed by atoms with van der Waals surface area (Å²) in [5, 5.41) is 3.35. The van der Waals surface area contributed by atoms with Crippen LogP contribution in [0.3, 0.4) is 0 Å². The first-order valence-corrected chi connectivity index (χ1v) is 5.67. The molecule has 1 fully saturated rings. The summed E-state index contributed by atoms with van der Waals surface area (Å²) in [5.41, 5.74) is 2.57. The average Bonchev–Trinajstić information content (AvgIpc) is 2.73. The van der Waals surface area contributed by atoms with E-state index in [1.807, 2.05) is 0 Å². The van der Waals surface area contributed by atoms with E-state index in [9.17, 15) is 0 Å². The van der Waals surface area contributed by atoms with E-state index in [4.69, 9.17) is 4.74 Å². The van der Waals surface area contributed by atoms with Crippen molar-refractivity contribution in [2.24, 2.45) is 5.92 Å². The van der Waals surface area contributed by atoms with E-state index < -0.39 is 0 Å². The van der Waals surface area contributed by atoms with Crippen molar-refractivity contribution in [3.8, 4) is 5.75 Å². The molecule has 1 aliphatic heterocycles. The van der Waals surface area contributed by atoms with E-state index >= 15 is 0 Å². The molecular weight excluding hydrogens is 222 g/mol. The van der Waals surface area contributed by atoms with Crippen molar-refractivity contribution in [1.82, 2.24) is 5.32 Å². The predicted octanol–water partition coefficient (Wildman–Crippen LogP) is 2.71. The van der Waals surface area contributed by atoms with Crippen LogP contribution in [-0.2, 0) is 0 Å². The second-order valence-corrected chi connectivity index (χ2v) is 4.37. The Morgan fingerprint density at radius 1 is 1.38 bits per heavy atom. The zero-order valence-electron chi connectivity index (χ0n) is 9.95. The number of hydrogen-bond acceptors (Lipinski definition) is 2. The minimum Gasteiger partial charge on any atom is -0.493 e. The average molecular weight is 242 g/mol. The number of ether oxygens (including phenoxy) is 1. The van der Waals surface area contributed by atoms with E-state index in [0.717, 1.165) is 25.4 Å². The Morgan fingerprint density at radius 3 is 2.88 bits per heavy atom. The second kappa shape index (κ2) is 6.12. The second-order valence-electron chi connectivity index (χ2n) is 4.37. The first-order chi connectivity index (χ1) is 7.27. The molecule has 0 saturated carbocycles. The van der Waals surface area contributed by atoms with Gasteiger partial charge in [-0.15, -0.1) is 12.4 Å². The van der Waals surface area contributed by atoms with Gasteiger partial charge in [0.25, 0.3) is 0 Å². The number of nitrogens with one attached hydrogen (secondary N) is 1. The van der Waals surface area contributed by atoms with Gasteiger partial charge in [-0.2, -0.15) is 0 Å². The molecule has 0 amide bonds. The maximum atomic E-state index is 5.86. The normalized spacial score (nSPS) is 19.2. The van der Waals surface area contributed by atoms with Crippen LogP contribution in [0.1, 0.15) is 17.5 Å². The Labute approximate surface area is 104 Å². The van der Waals surface area contributed by atoms with Gasteiger partial charge in [-0.05, 0) is 44.0 Å². The van der Waals surface area contributed by atoms with Gasteiger partial charge in [0.15, 0.2) is 0 Å². The number of halogens is 1. The van der Waals surface area contributed by atoms with Crippen LogP contribution >= 0.6 is 12.4 Å². The molecule has 1 unspecified atom stereocenters. The molecule has 2 rings (SSSR count). The smallest absolute Gasteiger partial charge is 0.122 e. The SMILES string of the molecule is Cc1cccc(OCC2CCNC2)c1C.Cl. The molecule has 3 heteroatoms. The van der Waals surface area contributed by atoms with Crippen molar-refractivity contribution in [1.29, 1.82) is 0 Å². The molecule has 2 nitrogen and oxygen atoms in total. The first-order valence-electron chi connectivity index (χ1n) is 5.67.